The minimum absolute atomic E-state index is 0.118. The number of nitrogens with one attached hydrogen (secondary N) is 1. The zero-order chi connectivity index (χ0) is 19.6. The summed E-state index contributed by atoms with van der Waals surface area (Å²) in [6.07, 6.45) is 5.08. The van der Waals surface area contributed by atoms with Crippen LogP contribution < -0.4 is 5.32 Å². The molecule has 0 aliphatic heterocycles. The van der Waals surface area contributed by atoms with Gasteiger partial charge in [0.1, 0.15) is 6.54 Å². The largest absolute Gasteiger partial charge is 0.390 e. The van der Waals surface area contributed by atoms with Crippen molar-refractivity contribution in [2.75, 3.05) is 5.32 Å². The molecule has 27 heavy (non-hydrogen) atoms. The van der Waals surface area contributed by atoms with Gasteiger partial charge in [-0.15, -0.1) is 0 Å². The molecule has 0 spiro atoms. The molecule has 0 atom stereocenters. The van der Waals surface area contributed by atoms with Crippen molar-refractivity contribution in [3.8, 4) is 0 Å². The third kappa shape index (κ3) is 4.02. The van der Waals surface area contributed by atoms with Crippen LogP contribution in [-0.4, -0.2) is 40.2 Å². The molecule has 142 valence electrons. The van der Waals surface area contributed by atoms with Crippen LogP contribution in [0.25, 0.3) is 0 Å². The van der Waals surface area contributed by atoms with Gasteiger partial charge < -0.3 is 15.4 Å². The molecular formula is C16H20N8O3. The highest BCUT2D eigenvalue weighted by molar-refractivity contribution is 5.90. The number of carbonyl (C=O) groups excluding carboxylic acids is 1. The predicted octanol–water partition coefficient (Wildman–Crippen LogP) is 1.51. The van der Waals surface area contributed by atoms with Crippen LogP contribution in [0.5, 0.6) is 0 Å². The molecule has 0 radical (unpaired) electrons. The predicted molar refractivity (Wildman–Crippen MR) is 96.2 cm³/mol. The Morgan fingerprint density at radius 3 is 2.67 bits per heavy atom. The molecule has 3 heterocycles. The Hall–Kier alpha value is -3.50. The van der Waals surface area contributed by atoms with Gasteiger partial charge >= 0.3 is 5.82 Å². The summed E-state index contributed by atoms with van der Waals surface area (Å²) >= 11 is 0. The van der Waals surface area contributed by atoms with Crippen LogP contribution in [0.1, 0.15) is 23.9 Å². The van der Waals surface area contributed by atoms with E-state index in [0.29, 0.717) is 17.9 Å². The summed E-state index contributed by atoms with van der Waals surface area (Å²) in [4.78, 5) is 22.3. The van der Waals surface area contributed by atoms with Crippen LogP contribution >= 0.6 is 0 Å². The molecule has 1 N–H and O–H groups in total. The number of amides is 1. The van der Waals surface area contributed by atoms with Gasteiger partial charge in [-0.25, -0.2) is 0 Å². The molecular weight excluding hydrogens is 352 g/mol. The molecule has 0 saturated heterocycles. The van der Waals surface area contributed by atoms with Gasteiger partial charge in [-0.1, -0.05) is 0 Å². The number of hydrogen-bond acceptors (Lipinski definition) is 6. The van der Waals surface area contributed by atoms with E-state index in [-0.39, 0.29) is 18.3 Å². The molecule has 0 aliphatic carbocycles. The standard InChI is InChI=1S/C16H20N8O3/c1-4-22-12(3)13(6-18-22)8-21-9-14(7-17-21)19-16(25)10-23-11(2)5-15(20-23)24(26)27/h5-7,9H,4,8,10H2,1-3H3,(H,19,25). The monoisotopic (exact) mass is 372 g/mol. The van der Waals surface area contributed by atoms with Crippen LogP contribution in [0.2, 0.25) is 0 Å². The first-order valence-electron chi connectivity index (χ1n) is 8.39. The van der Waals surface area contributed by atoms with Crippen LogP contribution in [0.4, 0.5) is 11.5 Å². The highest BCUT2D eigenvalue weighted by Gasteiger charge is 2.18. The average molecular weight is 372 g/mol. The minimum Gasteiger partial charge on any atom is -0.358 e. The van der Waals surface area contributed by atoms with Crippen LogP contribution in [0, 0.1) is 24.0 Å². The first-order valence-corrected chi connectivity index (χ1v) is 8.39. The van der Waals surface area contributed by atoms with Gasteiger partial charge in [-0.2, -0.15) is 14.9 Å². The Kier molecular flexibility index (Phi) is 5.01. The van der Waals surface area contributed by atoms with E-state index < -0.39 is 4.92 Å². The fraction of sp³-hybridized carbons (Fsp3) is 0.375. The highest BCUT2D eigenvalue weighted by Crippen LogP contribution is 2.13. The number of nitro groups is 1. The lowest BCUT2D eigenvalue weighted by atomic mass is 10.2. The van der Waals surface area contributed by atoms with Gasteiger partial charge in [-0.3, -0.25) is 14.2 Å². The normalized spacial score (nSPS) is 10.9. The summed E-state index contributed by atoms with van der Waals surface area (Å²) in [6, 6.07) is 1.32. The third-order valence-electron chi connectivity index (χ3n) is 4.20. The number of rotatable bonds is 7. The lowest BCUT2D eigenvalue weighted by molar-refractivity contribution is -0.389. The van der Waals surface area contributed by atoms with Gasteiger partial charge in [0.25, 0.3) is 0 Å². The zero-order valence-electron chi connectivity index (χ0n) is 15.3. The van der Waals surface area contributed by atoms with Crippen molar-refractivity contribution < 1.29 is 9.72 Å². The number of anilines is 1. The van der Waals surface area contributed by atoms with E-state index in [0.717, 1.165) is 17.8 Å². The van der Waals surface area contributed by atoms with Gasteiger partial charge in [0, 0.05) is 24.0 Å². The summed E-state index contributed by atoms with van der Waals surface area (Å²) < 4.78 is 4.91. The summed E-state index contributed by atoms with van der Waals surface area (Å²) in [5, 5.41) is 25.8. The molecule has 3 aromatic rings. The van der Waals surface area contributed by atoms with Crippen molar-refractivity contribution in [2.24, 2.45) is 0 Å². The van der Waals surface area contributed by atoms with Gasteiger partial charge in [0.15, 0.2) is 0 Å². The second-order valence-corrected chi connectivity index (χ2v) is 6.10. The number of aryl methyl sites for hydroxylation is 2. The number of hydrogen-bond donors (Lipinski definition) is 1. The van der Waals surface area contributed by atoms with E-state index in [1.807, 2.05) is 24.7 Å². The van der Waals surface area contributed by atoms with E-state index in [4.69, 9.17) is 0 Å². The molecule has 11 nitrogen and oxygen atoms in total. The molecule has 11 heteroatoms. The smallest absolute Gasteiger partial charge is 0.358 e. The molecule has 0 aromatic carbocycles. The van der Waals surface area contributed by atoms with E-state index in [2.05, 4.69) is 20.6 Å². The SMILES string of the molecule is CCn1ncc(Cn2cc(NC(=O)Cn3nc([N+](=O)[O-])cc3C)cn2)c1C. The molecule has 0 bridgehead atoms. The molecule has 1 amide bonds. The fourth-order valence-corrected chi connectivity index (χ4v) is 2.73. The first-order chi connectivity index (χ1) is 12.9. The number of nitrogens with zero attached hydrogens (tertiary/aromatic N) is 7. The van der Waals surface area contributed by atoms with Gasteiger partial charge in [0.2, 0.25) is 5.91 Å². The third-order valence-corrected chi connectivity index (χ3v) is 4.20. The Balaban J connectivity index is 1.62. The summed E-state index contributed by atoms with van der Waals surface area (Å²) in [5.41, 5.74) is 3.21. The van der Waals surface area contributed by atoms with Crippen LogP contribution in [-0.2, 0) is 24.4 Å². The molecule has 0 saturated carbocycles. The second-order valence-electron chi connectivity index (χ2n) is 6.10. The number of carbonyl (C=O) groups is 1. The maximum atomic E-state index is 12.2. The minimum atomic E-state index is -0.589. The molecule has 0 unspecified atom stereocenters. The Morgan fingerprint density at radius 1 is 1.26 bits per heavy atom. The van der Waals surface area contributed by atoms with Crippen LogP contribution in [0.3, 0.4) is 0 Å². The molecule has 3 rings (SSSR count). The molecule has 3 aromatic heterocycles. The van der Waals surface area contributed by atoms with Crippen molar-refractivity contribution in [3.05, 3.63) is 51.7 Å². The van der Waals surface area contributed by atoms with E-state index in [1.54, 1.807) is 24.0 Å². The Bertz CT molecular complexity index is 984. The average Bonchev–Trinajstić information content (AvgIpc) is 3.30. The lowest BCUT2D eigenvalue weighted by Gasteiger charge is -2.03. The molecule has 0 aliphatic rings. The maximum Gasteiger partial charge on any atom is 0.390 e. The van der Waals surface area contributed by atoms with E-state index in [9.17, 15) is 14.9 Å². The lowest BCUT2D eigenvalue weighted by Crippen LogP contribution is -2.20. The van der Waals surface area contributed by atoms with Crippen LogP contribution in [0.15, 0.2) is 24.7 Å². The second kappa shape index (κ2) is 7.40. The Morgan fingerprint density at radius 2 is 2.04 bits per heavy atom. The van der Waals surface area contributed by atoms with Crippen molar-refractivity contribution in [1.29, 1.82) is 0 Å². The maximum absolute atomic E-state index is 12.2. The molecule has 0 fully saturated rings. The van der Waals surface area contributed by atoms with Gasteiger partial charge in [0.05, 0.1) is 41.5 Å². The first kappa shape index (κ1) is 18.3. The topological polar surface area (TPSA) is 126 Å². The summed E-state index contributed by atoms with van der Waals surface area (Å²) in [7, 11) is 0. The summed E-state index contributed by atoms with van der Waals surface area (Å²) in [6.45, 7) is 6.92. The quantitative estimate of drug-likeness (QED) is 0.495. The van der Waals surface area contributed by atoms with Crippen molar-refractivity contribution >= 4 is 17.4 Å². The summed E-state index contributed by atoms with van der Waals surface area (Å²) in [5.74, 6) is -0.623. The zero-order valence-corrected chi connectivity index (χ0v) is 15.3. The van der Waals surface area contributed by atoms with E-state index >= 15 is 0 Å². The van der Waals surface area contributed by atoms with Gasteiger partial charge in [-0.05, 0) is 25.7 Å². The Labute approximate surface area is 154 Å². The number of aromatic nitrogens is 6. The van der Waals surface area contributed by atoms with Crippen molar-refractivity contribution in [1.82, 2.24) is 29.3 Å². The van der Waals surface area contributed by atoms with E-state index in [1.165, 1.54) is 10.7 Å². The fourth-order valence-electron chi connectivity index (χ4n) is 2.73. The highest BCUT2D eigenvalue weighted by atomic mass is 16.6. The van der Waals surface area contributed by atoms with Crippen molar-refractivity contribution in [2.45, 2.75) is 40.4 Å². The van der Waals surface area contributed by atoms with Crippen molar-refractivity contribution in [3.63, 3.8) is 0 Å².